The fourth-order valence-electron chi connectivity index (χ4n) is 1.86. The van der Waals surface area contributed by atoms with Crippen molar-refractivity contribution in [2.75, 3.05) is 12.3 Å². The summed E-state index contributed by atoms with van der Waals surface area (Å²) >= 11 is 1.73. The van der Waals surface area contributed by atoms with Gasteiger partial charge >= 0.3 is 0 Å². The SMILES string of the molecule is Cc1ccc(S(=O)(=O)CCNCc2ccc(C)s2)cc1. The van der Waals surface area contributed by atoms with Crippen LogP contribution in [-0.4, -0.2) is 20.7 Å². The highest BCUT2D eigenvalue weighted by Gasteiger charge is 2.13. The lowest BCUT2D eigenvalue weighted by Crippen LogP contribution is -2.22. The highest BCUT2D eigenvalue weighted by molar-refractivity contribution is 7.91. The van der Waals surface area contributed by atoms with Crippen molar-refractivity contribution < 1.29 is 8.42 Å². The maximum atomic E-state index is 12.1. The van der Waals surface area contributed by atoms with E-state index in [0.29, 0.717) is 11.4 Å². The van der Waals surface area contributed by atoms with E-state index >= 15 is 0 Å². The topological polar surface area (TPSA) is 46.2 Å². The van der Waals surface area contributed by atoms with Crippen LogP contribution >= 0.6 is 11.3 Å². The maximum Gasteiger partial charge on any atom is 0.179 e. The van der Waals surface area contributed by atoms with Crippen molar-refractivity contribution in [2.24, 2.45) is 0 Å². The lowest BCUT2D eigenvalue weighted by atomic mass is 10.2. The summed E-state index contributed by atoms with van der Waals surface area (Å²) in [6.45, 7) is 5.20. The maximum absolute atomic E-state index is 12.1. The van der Waals surface area contributed by atoms with Crippen LogP contribution in [0.3, 0.4) is 0 Å². The Morgan fingerprint density at radius 2 is 1.75 bits per heavy atom. The van der Waals surface area contributed by atoms with Crippen molar-refractivity contribution in [3.8, 4) is 0 Å². The molecule has 0 amide bonds. The first-order chi connectivity index (χ1) is 9.47. The Labute approximate surface area is 124 Å². The minimum atomic E-state index is -3.19. The zero-order chi connectivity index (χ0) is 14.6. The van der Waals surface area contributed by atoms with Gasteiger partial charge in [-0.1, -0.05) is 17.7 Å². The first-order valence-electron chi connectivity index (χ1n) is 6.53. The minimum absolute atomic E-state index is 0.125. The van der Waals surface area contributed by atoms with Gasteiger partial charge in [0.25, 0.3) is 0 Å². The Kier molecular flexibility index (Phi) is 4.96. The van der Waals surface area contributed by atoms with E-state index in [1.807, 2.05) is 19.1 Å². The summed E-state index contributed by atoms with van der Waals surface area (Å²) in [5.74, 6) is 0.125. The van der Waals surface area contributed by atoms with Crippen LogP contribution in [0.2, 0.25) is 0 Å². The smallest absolute Gasteiger partial charge is 0.179 e. The van der Waals surface area contributed by atoms with Crippen molar-refractivity contribution in [3.63, 3.8) is 0 Å². The molecule has 0 saturated carbocycles. The van der Waals surface area contributed by atoms with Crippen molar-refractivity contribution in [1.82, 2.24) is 5.32 Å². The predicted octanol–water partition coefficient (Wildman–Crippen LogP) is 2.93. The largest absolute Gasteiger partial charge is 0.311 e. The molecule has 1 heterocycles. The predicted molar refractivity (Wildman–Crippen MR) is 84.0 cm³/mol. The van der Waals surface area contributed by atoms with E-state index in [9.17, 15) is 8.42 Å². The van der Waals surface area contributed by atoms with Crippen molar-refractivity contribution in [2.45, 2.75) is 25.3 Å². The number of aryl methyl sites for hydroxylation is 2. The van der Waals surface area contributed by atoms with Crippen LogP contribution in [0.1, 0.15) is 15.3 Å². The molecule has 108 valence electrons. The lowest BCUT2D eigenvalue weighted by Gasteiger charge is -2.06. The molecule has 1 aromatic carbocycles. The van der Waals surface area contributed by atoms with Crippen LogP contribution in [0, 0.1) is 13.8 Å². The number of rotatable bonds is 6. The Balaban J connectivity index is 1.85. The number of thiophene rings is 1. The van der Waals surface area contributed by atoms with Crippen LogP contribution < -0.4 is 5.32 Å². The third-order valence-electron chi connectivity index (χ3n) is 3.02. The normalized spacial score (nSPS) is 11.7. The molecule has 0 spiro atoms. The minimum Gasteiger partial charge on any atom is -0.311 e. The van der Waals surface area contributed by atoms with Crippen LogP contribution in [-0.2, 0) is 16.4 Å². The molecule has 0 saturated heterocycles. The molecule has 1 N–H and O–H groups in total. The van der Waals surface area contributed by atoms with Gasteiger partial charge in [0.1, 0.15) is 0 Å². The van der Waals surface area contributed by atoms with Gasteiger partial charge in [-0.3, -0.25) is 0 Å². The second kappa shape index (κ2) is 6.52. The zero-order valence-corrected chi connectivity index (χ0v) is 13.4. The third kappa shape index (κ3) is 4.16. The van der Waals surface area contributed by atoms with Gasteiger partial charge in [0.15, 0.2) is 9.84 Å². The number of nitrogens with one attached hydrogen (secondary N) is 1. The quantitative estimate of drug-likeness (QED) is 0.835. The fraction of sp³-hybridized carbons (Fsp3) is 0.333. The molecule has 0 fully saturated rings. The highest BCUT2D eigenvalue weighted by atomic mass is 32.2. The van der Waals surface area contributed by atoms with Crippen LogP contribution in [0.15, 0.2) is 41.3 Å². The van der Waals surface area contributed by atoms with Crippen LogP contribution in [0.4, 0.5) is 0 Å². The van der Waals surface area contributed by atoms with E-state index < -0.39 is 9.84 Å². The molecule has 0 aliphatic heterocycles. The summed E-state index contributed by atoms with van der Waals surface area (Å²) in [5.41, 5.74) is 1.06. The number of hydrogen-bond donors (Lipinski definition) is 1. The molecular formula is C15H19NO2S2. The molecule has 0 atom stereocenters. The molecule has 0 aliphatic rings. The molecule has 0 aliphatic carbocycles. The Bertz CT molecular complexity index is 657. The van der Waals surface area contributed by atoms with Gasteiger partial charge in [0.2, 0.25) is 0 Å². The van der Waals surface area contributed by atoms with Gasteiger partial charge in [0, 0.05) is 22.8 Å². The second-order valence-corrected chi connectivity index (χ2v) is 8.30. The average molecular weight is 309 g/mol. The monoisotopic (exact) mass is 309 g/mol. The van der Waals surface area contributed by atoms with Gasteiger partial charge in [-0.25, -0.2) is 8.42 Å². The van der Waals surface area contributed by atoms with E-state index in [2.05, 4.69) is 24.4 Å². The van der Waals surface area contributed by atoms with E-state index in [4.69, 9.17) is 0 Å². The fourth-order valence-corrected chi connectivity index (χ4v) is 3.92. The van der Waals surface area contributed by atoms with Crippen LogP contribution in [0.5, 0.6) is 0 Å². The molecule has 0 radical (unpaired) electrons. The molecule has 2 rings (SSSR count). The molecule has 0 unspecified atom stereocenters. The van der Waals surface area contributed by atoms with Crippen molar-refractivity contribution in [3.05, 3.63) is 51.7 Å². The summed E-state index contributed by atoms with van der Waals surface area (Å²) in [5, 5.41) is 3.18. The summed E-state index contributed by atoms with van der Waals surface area (Å²) < 4.78 is 24.2. The summed E-state index contributed by atoms with van der Waals surface area (Å²) in [7, 11) is -3.19. The van der Waals surface area contributed by atoms with Crippen LogP contribution in [0.25, 0.3) is 0 Å². The molecule has 5 heteroatoms. The Hall–Kier alpha value is -1.17. The van der Waals surface area contributed by atoms with E-state index in [0.717, 1.165) is 12.1 Å². The first-order valence-corrected chi connectivity index (χ1v) is 9.00. The van der Waals surface area contributed by atoms with Gasteiger partial charge in [-0.2, -0.15) is 0 Å². The van der Waals surface area contributed by atoms with Crippen molar-refractivity contribution in [1.29, 1.82) is 0 Å². The number of hydrogen-bond acceptors (Lipinski definition) is 4. The summed E-state index contributed by atoms with van der Waals surface area (Å²) in [4.78, 5) is 2.90. The molecule has 3 nitrogen and oxygen atoms in total. The second-order valence-electron chi connectivity index (χ2n) is 4.82. The first kappa shape index (κ1) is 15.2. The molecule has 1 aromatic heterocycles. The van der Waals surface area contributed by atoms with Gasteiger partial charge in [0.05, 0.1) is 10.6 Å². The summed E-state index contributed by atoms with van der Waals surface area (Å²) in [6.07, 6.45) is 0. The number of benzene rings is 1. The average Bonchev–Trinajstić information content (AvgIpc) is 2.81. The Morgan fingerprint density at radius 3 is 2.35 bits per heavy atom. The molecule has 0 bridgehead atoms. The van der Waals surface area contributed by atoms with E-state index in [-0.39, 0.29) is 5.75 Å². The standard InChI is InChI=1S/C15H19NO2S2/c1-12-3-7-15(8-4-12)20(17,18)10-9-16-11-14-6-5-13(2)19-14/h3-8,16H,9-11H2,1-2H3. The van der Waals surface area contributed by atoms with E-state index in [1.165, 1.54) is 9.75 Å². The van der Waals surface area contributed by atoms with E-state index in [1.54, 1.807) is 23.5 Å². The lowest BCUT2D eigenvalue weighted by molar-refractivity contribution is 0.591. The van der Waals surface area contributed by atoms with Crippen molar-refractivity contribution >= 4 is 21.2 Å². The van der Waals surface area contributed by atoms with Gasteiger partial charge < -0.3 is 5.32 Å². The summed E-state index contributed by atoms with van der Waals surface area (Å²) in [6, 6.07) is 11.1. The van der Waals surface area contributed by atoms with Gasteiger partial charge in [-0.05, 0) is 38.1 Å². The number of sulfone groups is 1. The molecule has 20 heavy (non-hydrogen) atoms. The molecular weight excluding hydrogens is 290 g/mol. The highest BCUT2D eigenvalue weighted by Crippen LogP contribution is 2.15. The third-order valence-corrected chi connectivity index (χ3v) is 5.76. The Morgan fingerprint density at radius 1 is 1.05 bits per heavy atom. The molecule has 2 aromatic rings. The van der Waals surface area contributed by atoms with Gasteiger partial charge in [-0.15, -0.1) is 11.3 Å². The zero-order valence-electron chi connectivity index (χ0n) is 11.7.